The maximum Gasteiger partial charge on any atom is 0.123 e. The third kappa shape index (κ3) is 4.26. The van der Waals surface area contributed by atoms with Crippen molar-refractivity contribution in [1.29, 1.82) is 0 Å². The number of allylic oxidation sites excluding steroid dienone is 1. The van der Waals surface area contributed by atoms with Crippen molar-refractivity contribution in [2.24, 2.45) is 0 Å². The summed E-state index contributed by atoms with van der Waals surface area (Å²) >= 11 is 0. The summed E-state index contributed by atoms with van der Waals surface area (Å²) < 4.78 is 12.7. The topological polar surface area (TPSA) is 20.2 Å². The van der Waals surface area contributed by atoms with E-state index in [2.05, 4.69) is 0 Å². The zero-order chi connectivity index (χ0) is 11.5. The van der Waals surface area contributed by atoms with Gasteiger partial charge in [-0.05, 0) is 38.5 Å². The molecule has 0 fully saturated rings. The van der Waals surface area contributed by atoms with E-state index in [1.165, 1.54) is 12.1 Å². The Morgan fingerprint density at radius 2 is 1.87 bits per heavy atom. The summed E-state index contributed by atoms with van der Waals surface area (Å²) in [6.45, 7) is 5.64. The summed E-state index contributed by atoms with van der Waals surface area (Å²) in [5.41, 5.74) is 1.14. The second-order valence-corrected chi connectivity index (χ2v) is 4.38. The average molecular weight is 208 g/mol. The molecule has 0 amide bonds. The van der Waals surface area contributed by atoms with Crippen LogP contribution in [0.1, 0.15) is 26.3 Å². The molecule has 1 rings (SSSR count). The predicted molar refractivity (Wildman–Crippen MR) is 60.2 cm³/mol. The molecule has 0 aliphatic heterocycles. The van der Waals surface area contributed by atoms with Gasteiger partial charge in [-0.1, -0.05) is 23.8 Å². The van der Waals surface area contributed by atoms with Gasteiger partial charge in [-0.3, -0.25) is 0 Å². The van der Waals surface area contributed by atoms with E-state index in [9.17, 15) is 9.50 Å². The lowest BCUT2D eigenvalue weighted by atomic mass is 9.95. The van der Waals surface area contributed by atoms with Gasteiger partial charge in [0.05, 0.1) is 5.60 Å². The van der Waals surface area contributed by atoms with Gasteiger partial charge < -0.3 is 5.11 Å². The molecule has 0 bridgehead atoms. The Labute approximate surface area is 90.3 Å². The molecule has 0 spiro atoms. The van der Waals surface area contributed by atoms with Crippen LogP contribution in [-0.2, 0) is 6.42 Å². The number of aliphatic hydroxyl groups is 1. The molecule has 1 aromatic carbocycles. The molecule has 1 aromatic rings. The quantitative estimate of drug-likeness (QED) is 0.757. The third-order valence-electron chi connectivity index (χ3n) is 2.07. The number of hydrogen-bond donors (Lipinski definition) is 1. The van der Waals surface area contributed by atoms with Crippen LogP contribution in [0, 0.1) is 5.82 Å². The minimum Gasteiger partial charge on any atom is -0.386 e. The largest absolute Gasteiger partial charge is 0.386 e. The standard InChI is InChI=1S/C13H17FO/c1-10(2)8-13(3,15)9-11-4-6-12(14)7-5-11/h4-8,15H,9H2,1-3H3. The van der Waals surface area contributed by atoms with Crippen LogP contribution in [0.15, 0.2) is 35.9 Å². The minimum atomic E-state index is -0.864. The van der Waals surface area contributed by atoms with Crippen molar-refractivity contribution in [1.82, 2.24) is 0 Å². The highest BCUT2D eigenvalue weighted by Crippen LogP contribution is 2.16. The van der Waals surface area contributed by atoms with Crippen molar-refractivity contribution in [2.45, 2.75) is 32.8 Å². The summed E-state index contributed by atoms with van der Waals surface area (Å²) in [5, 5.41) is 10.0. The summed E-state index contributed by atoms with van der Waals surface area (Å²) in [5.74, 6) is -0.249. The Balaban J connectivity index is 2.77. The SMILES string of the molecule is CC(C)=CC(C)(O)Cc1ccc(F)cc1. The van der Waals surface area contributed by atoms with Gasteiger partial charge in [-0.2, -0.15) is 0 Å². The van der Waals surface area contributed by atoms with Gasteiger partial charge in [0.2, 0.25) is 0 Å². The first-order chi connectivity index (χ1) is 6.89. The molecular formula is C13H17FO. The Morgan fingerprint density at radius 1 is 1.33 bits per heavy atom. The summed E-state index contributed by atoms with van der Waals surface area (Å²) in [4.78, 5) is 0. The second-order valence-electron chi connectivity index (χ2n) is 4.38. The van der Waals surface area contributed by atoms with Crippen molar-refractivity contribution in [3.63, 3.8) is 0 Å². The highest BCUT2D eigenvalue weighted by molar-refractivity contribution is 5.20. The number of benzene rings is 1. The van der Waals surface area contributed by atoms with Crippen LogP contribution in [0.5, 0.6) is 0 Å². The van der Waals surface area contributed by atoms with Crippen molar-refractivity contribution < 1.29 is 9.50 Å². The predicted octanol–water partition coefficient (Wildman–Crippen LogP) is 3.09. The fraction of sp³-hybridized carbons (Fsp3) is 0.385. The van der Waals surface area contributed by atoms with Crippen LogP contribution in [0.4, 0.5) is 4.39 Å². The monoisotopic (exact) mass is 208 g/mol. The molecule has 0 aromatic heterocycles. The van der Waals surface area contributed by atoms with Gasteiger partial charge in [-0.15, -0.1) is 0 Å². The molecule has 1 nitrogen and oxygen atoms in total. The zero-order valence-corrected chi connectivity index (χ0v) is 9.42. The molecule has 0 saturated carbocycles. The molecular weight excluding hydrogens is 191 g/mol. The summed E-state index contributed by atoms with van der Waals surface area (Å²) in [7, 11) is 0. The van der Waals surface area contributed by atoms with E-state index < -0.39 is 5.60 Å². The van der Waals surface area contributed by atoms with Crippen LogP contribution >= 0.6 is 0 Å². The van der Waals surface area contributed by atoms with E-state index in [1.54, 1.807) is 19.1 Å². The maximum atomic E-state index is 12.7. The Kier molecular flexibility index (Phi) is 3.64. The smallest absolute Gasteiger partial charge is 0.123 e. The molecule has 0 saturated heterocycles. The van der Waals surface area contributed by atoms with E-state index >= 15 is 0 Å². The van der Waals surface area contributed by atoms with Crippen molar-refractivity contribution in [2.75, 3.05) is 0 Å². The van der Waals surface area contributed by atoms with E-state index in [0.29, 0.717) is 6.42 Å². The van der Waals surface area contributed by atoms with Gasteiger partial charge in [0.25, 0.3) is 0 Å². The van der Waals surface area contributed by atoms with Crippen LogP contribution in [-0.4, -0.2) is 10.7 Å². The number of halogens is 1. The normalized spacial score (nSPS) is 14.5. The van der Waals surface area contributed by atoms with Crippen molar-refractivity contribution in [3.8, 4) is 0 Å². The van der Waals surface area contributed by atoms with Crippen molar-refractivity contribution in [3.05, 3.63) is 47.3 Å². The Hall–Kier alpha value is -1.15. The first-order valence-electron chi connectivity index (χ1n) is 5.02. The summed E-state index contributed by atoms with van der Waals surface area (Å²) in [6.07, 6.45) is 2.31. The van der Waals surface area contributed by atoms with Crippen LogP contribution in [0.2, 0.25) is 0 Å². The van der Waals surface area contributed by atoms with E-state index in [0.717, 1.165) is 11.1 Å². The minimum absolute atomic E-state index is 0.249. The average Bonchev–Trinajstić information content (AvgIpc) is 2.06. The maximum absolute atomic E-state index is 12.7. The van der Waals surface area contributed by atoms with E-state index in [1.807, 2.05) is 19.9 Å². The summed E-state index contributed by atoms with van der Waals surface area (Å²) in [6, 6.07) is 6.22. The first kappa shape index (κ1) is 11.9. The zero-order valence-electron chi connectivity index (χ0n) is 9.42. The lowest BCUT2D eigenvalue weighted by molar-refractivity contribution is 0.111. The molecule has 1 N–H and O–H groups in total. The number of hydrogen-bond acceptors (Lipinski definition) is 1. The highest BCUT2D eigenvalue weighted by atomic mass is 19.1. The third-order valence-corrected chi connectivity index (χ3v) is 2.07. The first-order valence-corrected chi connectivity index (χ1v) is 5.02. The number of rotatable bonds is 3. The molecule has 82 valence electrons. The fourth-order valence-electron chi connectivity index (χ4n) is 1.69. The van der Waals surface area contributed by atoms with Gasteiger partial charge >= 0.3 is 0 Å². The molecule has 0 radical (unpaired) electrons. The van der Waals surface area contributed by atoms with Gasteiger partial charge in [0.1, 0.15) is 5.82 Å². The molecule has 2 heteroatoms. The fourth-order valence-corrected chi connectivity index (χ4v) is 1.69. The molecule has 0 heterocycles. The van der Waals surface area contributed by atoms with Gasteiger partial charge in [0.15, 0.2) is 0 Å². The van der Waals surface area contributed by atoms with Crippen LogP contribution in [0.3, 0.4) is 0 Å². The molecule has 0 aliphatic rings. The molecule has 1 unspecified atom stereocenters. The lowest BCUT2D eigenvalue weighted by Crippen LogP contribution is -2.24. The van der Waals surface area contributed by atoms with E-state index in [-0.39, 0.29) is 5.82 Å². The highest BCUT2D eigenvalue weighted by Gasteiger charge is 2.17. The lowest BCUT2D eigenvalue weighted by Gasteiger charge is -2.19. The Morgan fingerprint density at radius 3 is 2.33 bits per heavy atom. The molecule has 1 atom stereocenters. The second kappa shape index (κ2) is 4.58. The van der Waals surface area contributed by atoms with Crippen molar-refractivity contribution >= 4 is 0 Å². The molecule has 0 aliphatic carbocycles. The Bertz CT molecular complexity index is 345. The van der Waals surface area contributed by atoms with Gasteiger partial charge in [-0.25, -0.2) is 4.39 Å². The van der Waals surface area contributed by atoms with Crippen LogP contribution < -0.4 is 0 Å². The molecule has 15 heavy (non-hydrogen) atoms. The van der Waals surface area contributed by atoms with Crippen LogP contribution in [0.25, 0.3) is 0 Å². The van der Waals surface area contributed by atoms with E-state index in [4.69, 9.17) is 0 Å². The van der Waals surface area contributed by atoms with Gasteiger partial charge in [0, 0.05) is 6.42 Å².